The highest BCUT2D eigenvalue weighted by Gasteiger charge is 2.36. The number of aliphatic carboxylic acids is 1. The first-order valence-electron chi connectivity index (χ1n) is 9.53. The average Bonchev–Trinajstić information content (AvgIpc) is 3.27. The highest BCUT2D eigenvalue weighted by Crippen LogP contribution is 2.47. The van der Waals surface area contributed by atoms with Gasteiger partial charge in [0.15, 0.2) is 0 Å². The molecule has 2 aliphatic rings. The Balaban J connectivity index is 1.98. The second-order valence-electron chi connectivity index (χ2n) is 7.99. The van der Waals surface area contributed by atoms with Crippen LogP contribution in [0.4, 0.5) is 0 Å². The lowest BCUT2D eigenvalue weighted by Crippen LogP contribution is -2.25. The second-order valence-corrected chi connectivity index (χ2v) is 7.99. The predicted octanol–water partition coefficient (Wildman–Crippen LogP) is 4.59. The highest BCUT2D eigenvalue weighted by molar-refractivity contribution is 6.09. The number of benzene rings is 1. The first kappa shape index (κ1) is 19.1. The van der Waals surface area contributed by atoms with Crippen LogP contribution >= 0.6 is 0 Å². The molecule has 150 valence electrons. The van der Waals surface area contributed by atoms with E-state index in [-0.39, 0.29) is 16.9 Å². The van der Waals surface area contributed by atoms with Crippen LogP contribution in [0.2, 0.25) is 0 Å². The molecule has 0 unspecified atom stereocenters. The Hall–Kier alpha value is -3.28. The predicted molar refractivity (Wildman–Crippen MR) is 111 cm³/mol. The fourth-order valence-electron chi connectivity index (χ4n) is 3.98. The SMILES string of the molecule is C/C1=C\C(O)=C(C(=O)O)C=NCCc2c1cc(-c1ccco1)c1c2CC(C)(C)O1. The number of furan rings is 1. The monoisotopic (exact) mass is 393 g/mol. The number of hydrogen-bond donors (Lipinski definition) is 2. The maximum absolute atomic E-state index is 11.4. The minimum atomic E-state index is -1.21. The van der Waals surface area contributed by atoms with E-state index in [1.165, 1.54) is 12.3 Å². The van der Waals surface area contributed by atoms with E-state index >= 15 is 0 Å². The molecule has 4 rings (SSSR count). The van der Waals surface area contributed by atoms with Gasteiger partial charge in [0.2, 0.25) is 0 Å². The van der Waals surface area contributed by atoms with Gasteiger partial charge in [0.1, 0.15) is 28.4 Å². The molecule has 0 atom stereocenters. The summed E-state index contributed by atoms with van der Waals surface area (Å²) < 4.78 is 11.9. The lowest BCUT2D eigenvalue weighted by Gasteiger charge is -2.18. The Morgan fingerprint density at radius 2 is 2.03 bits per heavy atom. The summed E-state index contributed by atoms with van der Waals surface area (Å²) >= 11 is 0. The molecule has 3 heterocycles. The van der Waals surface area contributed by atoms with Crippen LogP contribution in [0.1, 0.15) is 37.5 Å². The molecule has 0 bridgehead atoms. The van der Waals surface area contributed by atoms with Gasteiger partial charge in [0.25, 0.3) is 0 Å². The van der Waals surface area contributed by atoms with Crippen LogP contribution in [0.25, 0.3) is 16.9 Å². The van der Waals surface area contributed by atoms with Crippen LogP contribution in [-0.2, 0) is 17.6 Å². The summed E-state index contributed by atoms with van der Waals surface area (Å²) in [7, 11) is 0. The number of aliphatic imine (C=N–C) groups is 1. The van der Waals surface area contributed by atoms with Gasteiger partial charge in [0.05, 0.1) is 11.8 Å². The molecule has 2 aliphatic heterocycles. The van der Waals surface area contributed by atoms with Crippen LogP contribution < -0.4 is 4.74 Å². The summed E-state index contributed by atoms with van der Waals surface area (Å²) in [5.74, 6) is -0.00103. The molecule has 2 aromatic rings. The summed E-state index contributed by atoms with van der Waals surface area (Å²) in [5, 5.41) is 19.7. The largest absolute Gasteiger partial charge is 0.507 e. The molecule has 6 heteroatoms. The van der Waals surface area contributed by atoms with E-state index in [0.29, 0.717) is 18.7 Å². The molecule has 0 aliphatic carbocycles. The number of ether oxygens (including phenoxy) is 1. The molecular weight excluding hydrogens is 370 g/mol. The molecule has 6 nitrogen and oxygen atoms in total. The summed E-state index contributed by atoms with van der Waals surface area (Å²) in [6.07, 6.45) is 5.73. The van der Waals surface area contributed by atoms with Crippen molar-refractivity contribution < 1.29 is 24.2 Å². The Kier molecular flexibility index (Phi) is 4.57. The van der Waals surface area contributed by atoms with Gasteiger partial charge in [-0.2, -0.15) is 0 Å². The van der Waals surface area contributed by atoms with Gasteiger partial charge in [-0.3, -0.25) is 4.99 Å². The number of fused-ring (bicyclic) bond motifs is 3. The second kappa shape index (κ2) is 6.95. The number of carbonyl (C=O) groups is 1. The lowest BCUT2D eigenvalue weighted by molar-refractivity contribution is -0.132. The number of carboxylic acid groups (broad SMARTS) is 1. The molecule has 0 fully saturated rings. The van der Waals surface area contributed by atoms with Crippen LogP contribution in [0.5, 0.6) is 5.75 Å². The summed E-state index contributed by atoms with van der Waals surface area (Å²) in [4.78, 5) is 15.7. The minimum absolute atomic E-state index is 0.218. The van der Waals surface area contributed by atoms with E-state index in [1.807, 2.05) is 25.1 Å². The van der Waals surface area contributed by atoms with Crippen molar-refractivity contribution >= 4 is 17.8 Å². The fraction of sp³-hybridized carbons (Fsp3) is 0.304. The van der Waals surface area contributed by atoms with Crippen molar-refractivity contribution in [3.63, 3.8) is 0 Å². The third-order valence-electron chi connectivity index (χ3n) is 5.26. The average molecular weight is 393 g/mol. The zero-order valence-corrected chi connectivity index (χ0v) is 16.7. The zero-order valence-electron chi connectivity index (χ0n) is 16.7. The van der Waals surface area contributed by atoms with Gasteiger partial charge < -0.3 is 19.4 Å². The quantitative estimate of drug-likeness (QED) is 0.779. The van der Waals surface area contributed by atoms with Crippen LogP contribution in [0.15, 0.2) is 51.3 Å². The van der Waals surface area contributed by atoms with E-state index in [0.717, 1.165) is 40.0 Å². The number of nitrogens with zero attached hydrogens (tertiary/aromatic N) is 1. The molecule has 0 spiro atoms. The number of carboxylic acids is 1. The topological polar surface area (TPSA) is 92.3 Å². The summed E-state index contributed by atoms with van der Waals surface area (Å²) in [5.41, 5.74) is 4.22. The Bertz CT molecular complexity index is 1070. The number of hydrogen-bond acceptors (Lipinski definition) is 5. The van der Waals surface area contributed by atoms with Crippen molar-refractivity contribution in [3.05, 3.63) is 58.6 Å². The molecular formula is C23H23NO5. The van der Waals surface area contributed by atoms with Gasteiger partial charge in [-0.05, 0) is 68.2 Å². The number of allylic oxidation sites excluding steroid dienone is 2. The Morgan fingerprint density at radius 3 is 2.72 bits per heavy atom. The van der Waals surface area contributed by atoms with Crippen molar-refractivity contribution in [2.24, 2.45) is 4.99 Å². The maximum Gasteiger partial charge on any atom is 0.341 e. The normalized spacial score (nSPS) is 19.8. The van der Waals surface area contributed by atoms with E-state index in [9.17, 15) is 15.0 Å². The van der Waals surface area contributed by atoms with Crippen LogP contribution in [0, 0.1) is 0 Å². The molecule has 0 amide bonds. The van der Waals surface area contributed by atoms with E-state index in [1.54, 1.807) is 6.26 Å². The number of aliphatic hydroxyl groups excluding tert-OH is 1. The third-order valence-corrected chi connectivity index (χ3v) is 5.26. The van der Waals surface area contributed by atoms with Crippen molar-refractivity contribution in [2.45, 2.75) is 39.2 Å². The molecule has 0 saturated heterocycles. The van der Waals surface area contributed by atoms with Crippen molar-refractivity contribution in [2.75, 3.05) is 6.54 Å². The molecule has 0 saturated carbocycles. The minimum Gasteiger partial charge on any atom is -0.507 e. The first-order chi connectivity index (χ1) is 13.8. The first-order valence-corrected chi connectivity index (χ1v) is 9.53. The van der Waals surface area contributed by atoms with E-state index in [2.05, 4.69) is 18.8 Å². The van der Waals surface area contributed by atoms with Gasteiger partial charge in [0, 0.05) is 24.7 Å². The van der Waals surface area contributed by atoms with Gasteiger partial charge in [-0.25, -0.2) is 4.79 Å². The van der Waals surface area contributed by atoms with Crippen molar-refractivity contribution in [3.8, 4) is 17.1 Å². The number of rotatable bonds is 2. The molecule has 1 aromatic carbocycles. The van der Waals surface area contributed by atoms with Crippen LogP contribution in [-0.4, -0.2) is 34.5 Å². The zero-order chi connectivity index (χ0) is 20.8. The summed E-state index contributed by atoms with van der Waals surface area (Å²) in [6.45, 7) is 6.39. The lowest BCUT2D eigenvalue weighted by atomic mass is 9.87. The van der Waals surface area contributed by atoms with Crippen molar-refractivity contribution in [1.82, 2.24) is 0 Å². The van der Waals surface area contributed by atoms with E-state index < -0.39 is 5.97 Å². The van der Waals surface area contributed by atoms with Gasteiger partial charge in [-0.15, -0.1) is 0 Å². The summed E-state index contributed by atoms with van der Waals surface area (Å²) in [6, 6.07) is 5.72. The number of aliphatic hydroxyl groups is 1. The maximum atomic E-state index is 11.4. The van der Waals surface area contributed by atoms with Crippen LogP contribution in [0.3, 0.4) is 0 Å². The Labute approximate surface area is 168 Å². The van der Waals surface area contributed by atoms with Gasteiger partial charge in [-0.1, -0.05) is 0 Å². The third kappa shape index (κ3) is 3.46. The van der Waals surface area contributed by atoms with Crippen molar-refractivity contribution in [1.29, 1.82) is 0 Å². The smallest absolute Gasteiger partial charge is 0.341 e. The van der Waals surface area contributed by atoms with E-state index in [4.69, 9.17) is 9.15 Å². The Morgan fingerprint density at radius 1 is 1.24 bits per heavy atom. The highest BCUT2D eigenvalue weighted by atomic mass is 16.5. The fourth-order valence-corrected chi connectivity index (χ4v) is 3.98. The molecule has 2 N–H and O–H groups in total. The molecule has 1 aromatic heterocycles. The standard InChI is InChI=1S/C23H23NO5/c1-13-9-19(25)18(22(26)27)12-24-7-6-14-15(13)10-16(20-5-4-8-28-20)21-17(14)11-23(2,3)29-21/h4-5,8-10,12,25H,6-7,11H2,1-3H3,(H,26,27)/b13-9+,19-18?,24-12?. The molecule has 29 heavy (non-hydrogen) atoms. The molecule has 0 radical (unpaired) electrons. The van der Waals surface area contributed by atoms with Gasteiger partial charge >= 0.3 is 5.97 Å².